The lowest BCUT2D eigenvalue weighted by Gasteiger charge is -2.06. The average molecular weight is 225 g/mol. The van der Waals surface area contributed by atoms with Crippen molar-refractivity contribution in [2.24, 2.45) is 0 Å². The second kappa shape index (κ2) is 5.49. The van der Waals surface area contributed by atoms with Crippen molar-refractivity contribution in [3.05, 3.63) is 60.1 Å². The average Bonchev–Trinajstić information content (AvgIpc) is 2.38. The molecule has 0 saturated heterocycles. The number of rotatable bonds is 4. The Kier molecular flexibility index (Phi) is 3.53. The van der Waals surface area contributed by atoms with Gasteiger partial charge in [0, 0.05) is 17.4 Å². The lowest BCUT2D eigenvalue weighted by Crippen LogP contribution is -1.93. The van der Waals surface area contributed by atoms with Gasteiger partial charge in [-0.15, -0.1) is 4.79 Å². The molecule has 0 unspecified atom stereocenters. The molecule has 0 bridgehead atoms. The van der Waals surface area contributed by atoms with Crippen LogP contribution < -0.4 is 10.1 Å². The molecule has 0 saturated carbocycles. The van der Waals surface area contributed by atoms with Crippen molar-refractivity contribution >= 4 is 17.8 Å². The summed E-state index contributed by atoms with van der Waals surface area (Å²) in [6.45, 7) is 0. The predicted molar refractivity (Wildman–Crippen MR) is 66.5 cm³/mol. The Hall–Kier alpha value is -2.58. The second-order valence-electron chi connectivity index (χ2n) is 3.36. The molecule has 17 heavy (non-hydrogen) atoms. The van der Waals surface area contributed by atoms with Gasteiger partial charge >= 0.3 is 6.40 Å². The first-order valence-corrected chi connectivity index (χ1v) is 5.13. The van der Waals surface area contributed by atoms with Gasteiger partial charge in [0.05, 0.1) is 0 Å². The molecule has 0 radical (unpaired) electrons. The highest BCUT2D eigenvalue weighted by atomic mass is 16.5. The van der Waals surface area contributed by atoms with Crippen molar-refractivity contribution in [3.63, 3.8) is 0 Å². The molecule has 2 rings (SSSR count). The third-order valence-corrected chi connectivity index (χ3v) is 2.13. The van der Waals surface area contributed by atoms with Crippen molar-refractivity contribution in [1.82, 2.24) is 0 Å². The molecule has 4 nitrogen and oxygen atoms in total. The Morgan fingerprint density at radius 1 is 1.00 bits per heavy atom. The van der Waals surface area contributed by atoms with Crippen LogP contribution in [0.25, 0.3) is 5.53 Å². The summed E-state index contributed by atoms with van der Waals surface area (Å²) < 4.78 is 5.05. The van der Waals surface area contributed by atoms with E-state index in [1.807, 2.05) is 48.5 Å². The SMILES string of the molecule is [N-]=[N+]=COc1cccc(Nc2ccccc2)c1. The molecule has 1 N–H and O–H groups in total. The van der Waals surface area contributed by atoms with E-state index in [9.17, 15) is 0 Å². The fourth-order valence-electron chi connectivity index (χ4n) is 1.42. The van der Waals surface area contributed by atoms with Crippen LogP contribution in [0.1, 0.15) is 0 Å². The third kappa shape index (κ3) is 3.19. The van der Waals surface area contributed by atoms with E-state index in [1.165, 1.54) is 0 Å². The number of hydrogen-bond donors (Lipinski definition) is 1. The van der Waals surface area contributed by atoms with E-state index in [2.05, 4.69) is 10.1 Å². The first-order valence-electron chi connectivity index (χ1n) is 5.13. The van der Waals surface area contributed by atoms with Gasteiger partial charge in [-0.2, -0.15) is 0 Å². The Labute approximate surface area is 99.1 Å². The second-order valence-corrected chi connectivity index (χ2v) is 3.36. The summed E-state index contributed by atoms with van der Waals surface area (Å²) in [7, 11) is 0. The number of anilines is 2. The predicted octanol–water partition coefficient (Wildman–Crippen LogP) is 3.07. The van der Waals surface area contributed by atoms with Crippen LogP contribution in [-0.4, -0.2) is 11.2 Å². The van der Waals surface area contributed by atoms with Crippen LogP contribution in [0.4, 0.5) is 11.4 Å². The van der Waals surface area contributed by atoms with E-state index >= 15 is 0 Å². The van der Waals surface area contributed by atoms with Gasteiger partial charge in [0.1, 0.15) is 5.75 Å². The van der Waals surface area contributed by atoms with Crippen LogP contribution in [0.3, 0.4) is 0 Å². The fourth-order valence-corrected chi connectivity index (χ4v) is 1.42. The zero-order valence-electron chi connectivity index (χ0n) is 9.08. The van der Waals surface area contributed by atoms with Crippen LogP contribution in [0.5, 0.6) is 5.75 Å². The largest absolute Gasteiger partial charge is 0.443 e. The molecule has 0 aliphatic carbocycles. The summed E-state index contributed by atoms with van der Waals surface area (Å²) in [5.41, 5.74) is 10.2. The minimum Gasteiger partial charge on any atom is -0.399 e. The Bertz CT molecular complexity index is 533. The highest BCUT2D eigenvalue weighted by Crippen LogP contribution is 2.20. The maximum Gasteiger partial charge on any atom is 0.443 e. The molecule has 0 spiro atoms. The van der Waals surface area contributed by atoms with E-state index in [4.69, 9.17) is 10.3 Å². The molecule has 0 fully saturated rings. The minimum atomic E-state index is 0.601. The van der Waals surface area contributed by atoms with E-state index in [0.717, 1.165) is 17.8 Å². The standard InChI is InChI=1S/C13H11N3O/c14-15-10-17-13-8-4-7-12(9-13)16-11-5-2-1-3-6-11/h1-10,16H. The summed E-state index contributed by atoms with van der Waals surface area (Å²) in [5.74, 6) is 0.601. The van der Waals surface area contributed by atoms with Crippen molar-refractivity contribution in [1.29, 1.82) is 0 Å². The van der Waals surface area contributed by atoms with Gasteiger partial charge in [-0.3, -0.25) is 0 Å². The molecule has 84 valence electrons. The molecule has 0 heterocycles. The molecule has 0 atom stereocenters. The molecular formula is C13H11N3O. The Balaban J connectivity index is 2.14. The Morgan fingerprint density at radius 2 is 1.76 bits per heavy atom. The van der Waals surface area contributed by atoms with Gasteiger partial charge in [-0.05, 0) is 24.3 Å². The zero-order valence-corrected chi connectivity index (χ0v) is 9.08. The maximum atomic E-state index is 8.26. The highest BCUT2D eigenvalue weighted by molar-refractivity contribution is 5.61. The molecule has 2 aromatic carbocycles. The van der Waals surface area contributed by atoms with E-state index in [0.29, 0.717) is 5.75 Å². The number of benzene rings is 2. The lowest BCUT2D eigenvalue weighted by atomic mass is 10.2. The topological polar surface area (TPSA) is 57.7 Å². The Morgan fingerprint density at radius 3 is 2.53 bits per heavy atom. The number of nitrogens with zero attached hydrogens (tertiary/aromatic N) is 2. The van der Waals surface area contributed by atoms with Gasteiger partial charge < -0.3 is 15.6 Å². The van der Waals surface area contributed by atoms with Crippen molar-refractivity contribution in [2.75, 3.05) is 5.32 Å². The molecule has 0 amide bonds. The lowest BCUT2D eigenvalue weighted by molar-refractivity contribution is -0.0150. The summed E-state index contributed by atoms with van der Waals surface area (Å²) in [6.07, 6.45) is 0.974. The molecule has 0 aromatic heterocycles. The van der Waals surface area contributed by atoms with E-state index < -0.39 is 0 Å². The highest BCUT2D eigenvalue weighted by Gasteiger charge is 1.97. The maximum absolute atomic E-state index is 8.26. The molecule has 2 aromatic rings. The molecule has 0 aliphatic heterocycles. The monoisotopic (exact) mass is 225 g/mol. The van der Waals surface area contributed by atoms with E-state index in [-0.39, 0.29) is 0 Å². The van der Waals surface area contributed by atoms with Crippen molar-refractivity contribution in [3.8, 4) is 5.75 Å². The summed E-state index contributed by atoms with van der Waals surface area (Å²) >= 11 is 0. The van der Waals surface area contributed by atoms with Crippen LogP contribution in [0, 0.1) is 0 Å². The first kappa shape index (κ1) is 10.9. The normalized spacial score (nSPS) is 9.18. The van der Waals surface area contributed by atoms with Crippen molar-refractivity contribution in [2.45, 2.75) is 0 Å². The van der Waals surface area contributed by atoms with Crippen LogP contribution >= 0.6 is 0 Å². The van der Waals surface area contributed by atoms with Gasteiger partial charge in [-0.25, -0.2) is 0 Å². The van der Waals surface area contributed by atoms with E-state index in [1.54, 1.807) is 6.07 Å². The van der Waals surface area contributed by atoms with Crippen molar-refractivity contribution < 1.29 is 9.53 Å². The zero-order chi connectivity index (χ0) is 11.9. The van der Waals surface area contributed by atoms with Gasteiger partial charge in [0.15, 0.2) is 0 Å². The summed E-state index contributed by atoms with van der Waals surface area (Å²) in [5, 5.41) is 3.23. The van der Waals surface area contributed by atoms with Gasteiger partial charge in [0.2, 0.25) is 0 Å². The van der Waals surface area contributed by atoms with Crippen LogP contribution in [0.2, 0.25) is 0 Å². The van der Waals surface area contributed by atoms with Crippen LogP contribution in [-0.2, 0) is 0 Å². The van der Waals surface area contributed by atoms with Crippen LogP contribution in [0.15, 0.2) is 54.6 Å². The number of hydrogen-bond acceptors (Lipinski definition) is 2. The van der Waals surface area contributed by atoms with Gasteiger partial charge in [0.25, 0.3) is 0 Å². The minimum absolute atomic E-state index is 0.601. The van der Waals surface area contributed by atoms with Gasteiger partial charge in [-0.1, -0.05) is 24.3 Å². The number of para-hydroxylation sites is 1. The number of ether oxygens (including phenoxy) is 1. The first-order chi connectivity index (χ1) is 8.38. The quantitative estimate of drug-likeness (QED) is 0.376. The summed E-state index contributed by atoms with van der Waals surface area (Å²) in [4.78, 5) is 2.78. The summed E-state index contributed by atoms with van der Waals surface area (Å²) in [6, 6.07) is 17.2. The number of nitrogens with one attached hydrogen (secondary N) is 1. The third-order valence-electron chi connectivity index (χ3n) is 2.13. The molecular weight excluding hydrogens is 214 g/mol. The molecule has 0 aliphatic rings. The fraction of sp³-hybridized carbons (Fsp3) is 0. The smallest absolute Gasteiger partial charge is 0.399 e. The molecule has 4 heteroatoms.